The van der Waals surface area contributed by atoms with Crippen LogP contribution in [0, 0.1) is 0 Å². The number of allylic oxidation sites excluding steroid dienone is 1. The van der Waals surface area contributed by atoms with Crippen LogP contribution in [-0.2, 0) is 4.79 Å². The lowest BCUT2D eigenvalue weighted by Crippen LogP contribution is -2.24. The molecular weight excluding hydrogens is 158 g/mol. The van der Waals surface area contributed by atoms with Crippen LogP contribution in [-0.4, -0.2) is 30.0 Å². The van der Waals surface area contributed by atoms with E-state index in [1.54, 1.807) is 0 Å². The first-order valence-corrected chi connectivity index (χ1v) is 3.22. The molecule has 0 bridgehead atoms. The third-order valence-corrected chi connectivity index (χ3v) is 1.43. The summed E-state index contributed by atoms with van der Waals surface area (Å²) in [6.45, 7) is 0. The number of carbonyl (C=O) groups excluding carboxylic acids is 2. The van der Waals surface area contributed by atoms with E-state index in [0.29, 0.717) is 5.57 Å². The molecule has 0 N–H and O–H groups in total. The molecule has 2 aliphatic heterocycles. The van der Waals surface area contributed by atoms with Crippen molar-refractivity contribution in [3.63, 3.8) is 0 Å². The van der Waals surface area contributed by atoms with Crippen molar-refractivity contribution in [2.24, 2.45) is 15.0 Å². The van der Waals surface area contributed by atoms with Crippen LogP contribution in [0.5, 0.6) is 0 Å². The maximum Gasteiger partial charge on any atom is 0.367 e. The Balaban J connectivity index is 2.53. The van der Waals surface area contributed by atoms with Crippen LogP contribution in [0.1, 0.15) is 0 Å². The van der Waals surface area contributed by atoms with Crippen molar-refractivity contribution in [3.05, 3.63) is 11.8 Å². The number of aliphatic imine (C=N–C) groups is 3. The molecule has 0 radical (unpaired) electrons. The third kappa shape index (κ3) is 0.914. The van der Waals surface area contributed by atoms with Crippen molar-refractivity contribution in [3.8, 4) is 0 Å². The van der Waals surface area contributed by atoms with Crippen LogP contribution in [0.25, 0.3) is 0 Å². The number of hydrogen-bond donors (Lipinski definition) is 0. The van der Waals surface area contributed by atoms with E-state index in [1.807, 2.05) is 0 Å². The van der Waals surface area contributed by atoms with Crippen molar-refractivity contribution >= 4 is 30.0 Å². The van der Waals surface area contributed by atoms with Crippen molar-refractivity contribution in [2.75, 3.05) is 0 Å². The summed E-state index contributed by atoms with van der Waals surface area (Å²) in [6, 6.07) is -0.647. The van der Waals surface area contributed by atoms with Crippen molar-refractivity contribution in [2.45, 2.75) is 0 Å². The molecule has 0 saturated heterocycles. The summed E-state index contributed by atoms with van der Waals surface area (Å²) in [5, 5.41) is 0. The Morgan fingerprint density at radius 3 is 2.83 bits per heavy atom. The number of amides is 2. The van der Waals surface area contributed by atoms with Crippen molar-refractivity contribution < 1.29 is 9.59 Å². The minimum Gasteiger partial charge on any atom is -0.286 e. The first-order valence-electron chi connectivity index (χ1n) is 3.22. The Bertz CT molecular complexity index is 387. The highest BCUT2D eigenvalue weighted by atomic mass is 16.2. The lowest BCUT2D eigenvalue weighted by Gasteiger charge is -2.07. The Labute approximate surface area is 67.2 Å². The van der Waals surface area contributed by atoms with Gasteiger partial charge in [-0.15, -0.1) is 0 Å². The number of Topliss-reactive ketones (excluding diaryl/α,β-unsaturated/α-hetero) is 1. The first-order chi connectivity index (χ1) is 5.77. The van der Waals surface area contributed by atoms with Gasteiger partial charge >= 0.3 is 6.03 Å². The van der Waals surface area contributed by atoms with Gasteiger partial charge in [0.15, 0.2) is 0 Å². The first kappa shape index (κ1) is 6.78. The highest BCUT2D eigenvalue weighted by molar-refractivity contribution is 6.68. The smallest absolute Gasteiger partial charge is 0.286 e. The van der Waals surface area contributed by atoms with E-state index in [9.17, 15) is 9.59 Å². The number of rotatable bonds is 0. The Hall–Kier alpha value is -1.91. The van der Waals surface area contributed by atoms with E-state index in [2.05, 4.69) is 15.0 Å². The van der Waals surface area contributed by atoms with Crippen molar-refractivity contribution in [1.29, 1.82) is 0 Å². The molecule has 0 unspecified atom stereocenters. The molecule has 0 saturated carbocycles. The molecule has 0 spiro atoms. The van der Waals surface area contributed by atoms with E-state index in [-0.39, 0.29) is 11.5 Å². The fourth-order valence-electron chi connectivity index (χ4n) is 0.913. The monoisotopic (exact) mass is 161 g/mol. The molecule has 2 rings (SSSR count). The predicted molar refractivity (Wildman–Crippen MR) is 42.9 cm³/mol. The highest BCUT2D eigenvalue weighted by Gasteiger charge is 2.20. The molecule has 0 aromatic heterocycles. The lowest BCUT2D eigenvalue weighted by atomic mass is 10.1. The van der Waals surface area contributed by atoms with E-state index in [1.165, 1.54) is 12.4 Å². The summed E-state index contributed by atoms with van der Waals surface area (Å²) in [5.41, 5.74) is 0.618. The third-order valence-electron chi connectivity index (χ3n) is 1.43. The lowest BCUT2D eigenvalue weighted by molar-refractivity contribution is -0.107. The maximum atomic E-state index is 11.0. The summed E-state index contributed by atoms with van der Waals surface area (Å²) >= 11 is 0. The average molecular weight is 161 g/mol. The zero-order valence-electron chi connectivity index (χ0n) is 5.89. The Morgan fingerprint density at radius 2 is 2.00 bits per heavy atom. The number of carbonyl (C=O) groups is 2. The number of hydrogen-bond acceptors (Lipinski definition) is 3. The van der Waals surface area contributed by atoms with E-state index in [0.717, 1.165) is 6.21 Å². The number of urea groups is 1. The van der Waals surface area contributed by atoms with Gasteiger partial charge in [-0.25, -0.2) is 4.79 Å². The van der Waals surface area contributed by atoms with Gasteiger partial charge in [0, 0.05) is 18.0 Å². The quantitative estimate of drug-likeness (QED) is 0.508. The minimum absolute atomic E-state index is 0.130. The standard InChI is InChI=1S/C7H3N3O2/c11-5-3-8-1-4-2-9-7(12)10-6(4)5/h1-3H. The van der Waals surface area contributed by atoms with Gasteiger partial charge in [-0.05, 0) is 0 Å². The van der Waals surface area contributed by atoms with Crippen molar-refractivity contribution in [1.82, 2.24) is 0 Å². The predicted octanol–water partition coefficient (Wildman–Crippen LogP) is 0.169. The molecular formula is C7H3N3O2. The zero-order chi connectivity index (χ0) is 8.55. The van der Waals surface area contributed by atoms with Crippen LogP contribution < -0.4 is 0 Å². The van der Waals surface area contributed by atoms with Gasteiger partial charge in [0.25, 0.3) is 0 Å². The molecule has 0 fully saturated rings. The van der Waals surface area contributed by atoms with Crippen LogP contribution in [0.2, 0.25) is 0 Å². The molecule has 12 heavy (non-hydrogen) atoms. The molecule has 2 amide bonds. The molecule has 0 atom stereocenters. The molecule has 2 aliphatic rings. The summed E-state index contributed by atoms with van der Waals surface area (Å²) in [5.74, 6) is -0.355. The van der Waals surface area contributed by atoms with Gasteiger partial charge in [-0.2, -0.15) is 9.98 Å². The van der Waals surface area contributed by atoms with Gasteiger partial charge in [-0.3, -0.25) is 9.79 Å². The Kier molecular flexibility index (Phi) is 1.30. The van der Waals surface area contributed by atoms with Crippen LogP contribution in [0.15, 0.2) is 26.8 Å². The highest BCUT2D eigenvalue weighted by Crippen LogP contribution is 2.07. The van der Waals surface area contributed by atoms with Gasteiger partial charge in [0.2, 0.25) is 5.78 Å². The zero-order valence-corrected chi connectivity index (χ0v) is 5.89. The minimum atomic E-state index is -0.647. The van der Waals surface area contributed by atoms with E-state index >= 15 is 0 Å². The maximum absolute atomic E-state index is 11.0. The second-order valence-electron chi connectivity index (χ2n) is 2.23. The topological polar surface area (TPSA) is 71.2 Å². The summed E-state index contributed by atoms with van der Waals surface area (Å²) < 4.78 is 0. The second-order valence-corrected chi connectivity index (χ2v) is 2.23. The summed E-state index contributed by atoms with van der Waals surface area (Å²) in [4.78, 5) is 32.2. The van der Waals surface area contributed by atoms with Gasteiger partial charge in [0.05, 0.1) is 6.21 Å². The normalized spacial score (nSPS) is 20.3. The van der Waals surface area contributed by atoms with Crippen LogP contribution in [0.3, 0.4) is 0 Å². The largest absolute Gasteiger partial charge is 0.367 e. The van der Waals surface area contributed by atoms with Gasteiger partial charge in [0.1, 0.15) is 5.71 Å². The SMILES string of the molecule is O=C1N=CC2=CN=CC(=O)C2=N1. The summed E-state index contributed by atoms with van der Waals surface area (Å²) in [7, 11) is 0. The second kappa shape index (κ2) is 2.30. The summed E-state index contributed by atoms with van der Waals surface area (Å²) in [6.07, 6.45) is 3.85. The van der Waals surface area contributed by atoms with Crippen LogP contribution in [0.4, 0.5) is 4.79 Å². The molecule has 5 nitrogen and oxygen atoms in total. The number of nitrogens with zero attached hydrogens (tertiary/aromatic N) is 3. The molecule has 0 aromatic carbocycles. The molecule has 58 valence electrons. The van der Waals surface area contributed by atoms with Gasteiger partial charge < -0.3 is 0 Å². The van der Waals surface area contributed by atoms with Gasteiger partial charge in [-0.1, -0.05) is 0 Å². The molecule has 2 heterocycles. The number of ketones is 1. The Morgan fingerprint density at radius 1 is 1.17 bits per heavy atom. The van der Waals surface area contributed by atoms with Crippen LogP contribution >= 0.6 is 0 Å². The van der Waals surface area contributed by atoms with E-state index in [4.69, 9.17) is 0 Å². The molecule has 5 heteroatoms. The molecule has 0 aliphatic carbocycles. The molecule has 0 aromatic rings. The van der Waals surface area contributed by atoms with E-state index < -0.39 is 6.03 Å². The fraction of sp³-hybridized carbons (Fsp3) is 0. The average Bonchev–Trinajstić information content (AvgIpc) is 2.07. The number of fused-ring (bicyclic) bond motifs is 1. The fourth-order valence-corrected chi connectivity index (χ4v) is 0.913.